The molecular weight excluding hydrogens is 1270 g/mol. The molecule has 3 fully saturated rings. The summed E-state index contributed by atoms with van der Waals surface area (Å²) >= 11 is 0. The van der Waals surface area contributed by atoms with Gasteiger partial charge in [0, 0.05) is 118 Å². The molecule has 0 spiro atoms. The van der Waals surface area contributed by atoms with Crippen LogP contribution < -0.4 is 5.32 Å². The third kappa shape index (κ3) is 9.73. The number of aliphatic carboxylic acids is 1. The van der Waals surface area contributed by atoms with Crippen LogP contribution in [0.5, 0.6) is 0 Å². The molecule has 2 radical (unpaired) electrons. The molecule has 1 saturated heterocycles. The summed E-state index contributed by atoms with van der Waals surface area (Å²) in [6, 6.07) is 22.3. The van der Waals surface area contributed by atoms with Crippen molar-refractivity contribution in [2.24, 2.45) is 16.7 Å². The van der Waals surface area contributed by atoms with Crippen molar-refractivity contribution >= 4 is 35.6 Å². The van der Waals surface area contributed by atoms with Crippen LogP contribution in [-0.2, 0) is 38.1 Å². The molecule has 16 nitrogen and oxygen atoms in total. The van der Waals surface area contributed by atoms with Gasteiger partial charge in [-0.25, -0.2) is 9.59 Å². The molecule has 11 atom stereocenters. The van der Waals surface area contributed by atoms with Crippen LogP contribution in [0.25, 0.3) is 0 Å². The number of amides is 1. The number of carboxylic acid groups (broad SMARTS) is 1. The monoisotopic (exact) mass is 1320 g/mol. The first kappa shape index (κ1) is 53.1. The molecule has 65 heavy (non-hydrogen) atoms. The van der Waals surface area contributed by atoms with Crippen molar-refractivity contribution in [2.75, 3.05) is 6.61 Å². The largest absolute Gasteiger partial charge is 0.481 e. The predicted molar refractivity (Wildman–Crippen MR) is 219 cm³/mol. The molecular formula is C47H51Ac2NO15. The van der Waals surface area contributed by atoms with Crippen molar-refractivity contribution in [3.05, 3.63) is 119 Å². The number of nitrogens with one attached hydrogen (secondary N) is 1. The maximum atomic E-state index is 14.9. The Kier molecular flexibility index (Phi) is 17.0. The zero-order chi connectivity index (χ0) is 45.6. The fourth-order valence-corrected chi connectivity index (χ4v) is 10.1. The average molecular weight is 1320 g/mol. The van der Waals surface area contributed by atoms with E-state index in [0.717, 1.165) is 0 Å². The van der Waals surface area contributed by atoms with Crippen molar-refractivity contribution in [3.63, 3.8) is 0 Å². The van der Waals surface area contributed by atoms with Gasteiger partial charge in [-0.05, 0) is 54.8 Å². The van der Waals surface area contributed by atoms with Crippen molar-refractivity contribution in [1.82, 2.24) is 5.32 Å². The Morgan fingerprint density at radius 1 is 0.831 bits per heavy atom. The van der Waals surface area contributed by atoms with Crippen molar-refractivity contribution in [2.45, 2.75) is 107 Å². The number of ether oxygens (including phenoxy) is 4. The van der Waals surface area contributed by atoms with Crippen molar-refractivity contribution in [3.8, 4) is 0 Å². The number of aliphatic hydroxyl groups excluding tert-OH is 2. The number of carbonyl (C=O) groups excluding carboxylic acids is 5. The maximum Gasteiger partial charge on any atom is 0.350 e. The second-order valence-corrected chi connectivity index (χ2v) is 17.6. The van der Waals surface area contributed by atoms with Crippen LogP contribution in [0, 0.1) is 105 Å². The fourth-order valence-electron chi connectivity index (χ4n) is 10.1. The quantitative estimate of drug-likeness (QED) is 0.0867. The minimum Gasteiger partial charge on any atom is -0.481 e. The van der Waals surface area contributed by atoms with Crippen LogP contribution in [0.1, 0.15) is 85.7 Å². The summed E-state index contributed by atoms with van der Waals surface area (Å²) in [5.74, 6) is -7.87. The van der Waals surface area contributed by atoms with E-state index < -0.39 is 125 Å². The number of rotatable bonds is 12. The summed E-state index contributed by atoms with van der Waals surface area (Å²) in [5, 5.41) is 61.9. The molecule has 1 heterocycles. The van der Waals surface area contributed by atoms with E-state index in [1.807, 2.05) is 0 Å². The van der Waals surface area contributed by atoms with Gasteiger partial charge in [0.15, 0.2) is 5.78 Å². The first-order chi connectivity index (χ1) is 29.7. The van der Waals surface area contributed by atoms with Crippen molar-refractivity contribution < 1.29 is 161 Å². The van der Waals surface area contributed by atoms with Gasteiger partial charge in [-0.1, -0.05) is 80.6 Å². The van der Waals surface area contributed by atoms with Gasteiger partial charge in [-0.15, -0.1) is 0 Å². The van der Waals surface area contributed by atoms with Gasteiger partial charge in [-0.3, -0.25) is 19.2 Å². The van der Waals surface area contributed by atoms with E-state index in [2.05, 4.69) is 5.32 Å². The summed E-state index contributed by atoms with van der Waals surface area (Å²) in [7, 11) is 0. The number of ketones is 1. The van der Waals surface area contributed by atoms with Crippen molar-refractivity contribution in [1.29, 1.82) is 0 Å². The fraction of sp³-hybridized carbons (Fsp3) is 0.447. The summed E-state index contributed by atoms with van der Waals surface area (Å²) in [6.45, 7) is 5.49. The molecule has 340 valence electrons. The molecule has 3 aliphatic carbocycles. The molecule has 4 aliphatic rings. The number of fused-ring (bicyclic) bond motifs is 5. The molecule has 0 aromatic heterocycles. The van der Waals surface area contributed by atoms with Crippen LogP contribution in [-0.4, -0.2) is 116 Å². The number of esters is 3. The predicted octanol–water partition coefficient (Wildman–Crippen LogP) is 3.01. The molecule has 18 heteroatoms. The van der Waals surface area contributed by atoms with Gasteiger partial charge in [0.2, 0.25) is 6.10 Å². The van der Waals surface area contributed by atoms with E-state index in [-0.39, 0.29) is 129 Å². The summed E-state index contributed by atoms with van der Waals surface area (Å²) in [4.78, 5) is 82.2. The van der Waals surface area contributed by atoms with E-state index in [1.165, 1.54) is 52.0 Å². The topological polar surface area (TPSA) is 253 Å². The summed E-state index contributed by atoms with van der Waals surface area (Å²) in [6.07, 6.45) is -12.2. The first-order valence-corrected chi connectivity index (χ1v) is 20.7. The number of benzene rings is 3. The first-order valence-electron chi connectivity index (χ1n) is 20.7. The Morgan fingerprint density at radius 2 is 1.40 bits per heavy atom. The molecule has 6 N–H and O–H groups in total. The molecule has 0 unspecified atom stereocenters. The number of carboxylic acids is 1. The van der Waals surface area contributed by atoms with Crippen LogP contribution >= 0.6 is 0 Å². The Hall–Kier alpha value is -2.90. The van der Waals surface area contributed by atoms with Crippen LogP contribution in [0.3, 0.4) is 0 Å². The van der Waals surface area contributed by atoms with E-state index in [0.29, 0.717) is 0 Å². The van der Waals surface area contributed by atoms with Gasteiger partial charge >= 0.3 is 23.9 Å². The molecule has 1 aliphatic heterocycles. The number of carbonyl (C=O) groups is 6. The van der Waals surface area contributed by atoms with Crippen LogP contribution in [0.4, 0.5) is 0 Å². The zero-order valence-corrected chi connectivity index (χ0v) is 45.8. The van der Waals surface area contributed by atoms with Crippen LogP contribution in [0.15, 0.2) is 102 Å². The maximum absolute atomic E-state index is 14.9. The number of Topliss-reactive ketones (excluding diaryl/α,β-unsaturated/α-hetero) is 1. The Morgan fingerprint density at radius 3 is 1.95 bits per heavy atom. The van der Waals surface area contributed by atoms with Gasteiger partial charge in [0.1, 0.15) is 35.6 Å². The van der Waals surface area contributed by atoms with Crippen LogP contribution in [0.2, 0.25) is 0 Å². The molecule has 2 saturated carbocycles. The van der Waals surface area contributed by atoms with Gasteiger partial charge in [0.25, 0.3) is 5.91 Å². The minimum absolute atomic E-state index is 0. The molecule has 3 aromatic rings. The average Bonchev–Trinajstić information content (AvgIpc) is 3.26. The SMILES string of the molecule is CC1=C2[C@@H](O)C(=O)[C@]3(C)[C@H](O)C[C@H]4OC[C@@]4(O)[C@H]3[C@H](OC(=O)c3ccccc3)[C@](O)(C[C@@H]1OC(=O)[C@H](OC(=O)CCC(=O)O)[C@@H](NC(=O)c1ccccc1)c1ccccc1)C2(C)C.[Ac].[Ac]. The van der Waals surface area contributed by atoms with E-state index >= 15 is 0 Å². The number of aliphatic hydroxyl groups is 4. The molecule has 2 bridgehead atoms. The third-order valence-electron chi connectivity index (χ3n) is 13.7. The number of hydrogen-bond acceptors (Lipinski definition) is 14. The molecule has 1 amide bonds. The normalized spacial score (nSPS) is 30.6. The Labute approximate surface area is 446 Å². The molecule has 7 rings (SSSR count). The summed E-state index contributed by atoms with van der Waals surface area (Å²) in [5.41, 5.74) is -7.58. The van der Waals surface area contributed by atoms with Gasteiger partial charge < -0.3 is 49.8 Å². The van der Waals surface area contributed by atoms with E-state index in [4.69, 9.17) is 18.9 Å². The summed E-state index contributed by atoms with van der Waals surface area (Å²) < 4.78 is 23.8. The third-order valence-corrected chi connectivity index (χ3v) is 13.7. The molecule has 3 aromatic carbocycles. The minimum atomic E-state index is -2.41. The second-order valence-electron chi connectivity index (χ2n) is 17.6. The van der Waals surface area contributed by atoms with Gasteiger partial charge in [0.05, 0.1) is 42.6 Å². The van der Waals surface area contributed by atoms with E-state index in [9.17, 15) is 54.3 Å². The van der Waals surface area contributed by atoms with Gasteiger partial charge in [-0.2, -0.15) is 0 Å². The zero-order valence-electron chi connectivity index (χ0n) is 36.3. The standard InChI is InChI=1S/C47H51NO15.2Ac/c1-25-29(61-43(57)37(62-33(52)21-20-32(50)51)35(26-14-8-5-9-15-26)48-41(55)27-16-10-6-11-17-27)23-47(59)40(63-42(56)28-18-12-7-13-19-28)38-45(4,30(49)22-31-46(38,58)24-60-31)39(54)36(53)34(25)44(47,2)3;;/h5-19,29-31,35-38,40,49,53,58-59H,20-24H2,1-4H3,(H,48,55)(H,50,51);;/t29-,30+,31+,35-,36+,37+,38-,40-,45+,46-,47+;;/m0../s1. The smallest absolute Gasteiger partial charge is 0.350 e. The Bertz CT molecular complexity index is 2310. The second kappa shape index (κ2) is 20.8. The van der Waals surface area contributed by atoms with E-state index in [1.54, 1.807) is 66.7 Å². The Balaban J connectivity index is 0.00000397. The number of hydrogen-bond donors (Lipinski definition) is 6.